The number of hydrogen-bond donors (Lipinski definition) is 0. The molecule has 0 radical (unpaired) electrons. The topological polar surface area (TPSA) is 68.0 Å². The molecule has 5 rings (SSSR count). The van der Waals surface area contributed by atoms with Crippen LogP contribution in [0.5, 0.6) is 5.75 Å². The second-order valence-corrected chi connectivity index (χ2v) is 9.07. The smallest absolute Gasteiger partial charge is 0.269 e. The van der Waals surface area contributed by atoms with Gasteiger partial charge in [-0.1, -0.05) is 18.2 Å². The largest absolute Gasteiger partial charge is 0.464 e. The normalized spacial score (nSPS) is 20.2. The number of rotatable bonds is 3. The van der Waals surface area contributed by atoms with Gasteiger partial charge in [0.2, 0.25) is 6.23 Å². The number of hydrogen-bond acceptors (Lipinski definition) is 6. The lowest BCUT2D eigenvalue weighted by Crippen LogP contribution is -2.33. The van der Waals surface area contributed by atoms with E-state index in [-0.39, 0.29) is 11.7 Å². The van der Waals surface area contributed by atoms with Crippen molar-refractivity contribution in [3.63, 3.8) is 0 Å². The number of hydrazone groups is 1. The fourth-order valence-electron chi connectivity index (χ4n) is 3.63. The van der Waals surface area contributed by atoms with Crippen LogP contribution in [-0.4, -0.2) is 15.6 Å². The molecule has 2 atom stereocenters. The predicted molar refractivity (Wildman–Crippen MR) is 111 cm³/mol. The lowest BCUT2D eigenvalue weighted by Gasteiger charge is -2.38. The number of nitro benzene ring substituents is 1. The fraction of sp³-hybridized carbons (Fsp3) is 0.150. The Morgan fingerprint density at radius 1 is 1.14 bits per heavy atom. The summed E-state index contributed by atoms with van der Waals surface area (Å²) in [6, 6.07) is 18.6. The highest BCUT2D eigenvalue weighted by Crippen LogP contribution is 2.48. The third-order valence-corrected chi connectivity index (χ3v) is 6.62. The van der Waals surface area contributed by atoms with Crippen LogP contribution in [0.4, 0.5) is 5.69 Å². The van der Waals surface area contributed by atoms with Gasteiger partial charge in [-0.3, -0.25) is 10.1 Å². The van der Waals surface area contributed by atoms with Crippen LogP contribution in [0.25, 0.3) is 0 Å². The van der Waals surface area contributed by atoms with Gasteiger partial charge in [0.1, 0.15) is 5.75 Å². The van der Waals surface area contributed by atoms with Crippen LogP contribution < -0.4 is 4.74 Å². The fourth-order valence-corrected chi connectivity index (χ4v) is 5.01. The molecule has 2 aliphatic rings. The predicted octanol–water partition coefficient (Wildman–Crippen LogP) is 5.66. The molecule has 0 bridgehead atoms. The molecule has 140 valence electrons. The Hall–Kier alpha value is -2.71. The third kappa shape index (κ3) is 2.89. The molecule has 1 aromatic heterocycles. The molecule has 2 aliphatic heterocycles. The molecule has 3 heterocycles. The van der Waals surface area contributed by atoms with E-state index in [1.807, 2.05) is 29.3 Å². The van der Waals surface area contributed by atoms with Crippen molar-refractivity contribution in [2.45, 2.75) is 18.7 Å². The van der Waals surface area contributed by atoms with E-state index in [1.54, 1.807) is 23.5 Å². The van der Waals surface area contributed by atoms with Crippen LogP contribution >= 0.6 is 27.3 Å². The second-order valence-electron chi connectivity index (χ2n) is 6.61. The Bertz CT molecular complexity index is 1100. The maximum atomic E-state index is 11.0. The van der Waals surface area contributed by atoms with E-state index in [1.165, 1.54) is 12.1 Å². The summed E-state index contributed by atoms with van der Waals surface area (Å²) in [6.07, 6.45) is 0.359. The summed E-state index contributed by atoms with van der Waals surface area (Å²) in [7, 11) is 0. The molecule has 6 nitrogen and oxygen atoms in total. The summed E-state index contributed by atoms with van der Waals surface area (Å²) >= 11 is 5.18. The Kier molecular flexibility index (Phi) is 4.17. The van der Waals surface area contributed by atoms with Gasteiger partial charge in [0.15, 0.2) is 0 Å². The highest BCUT2D eigenvalue weighted by atomic mass is 79.9. The number of nitrogens with zero attached hydrogens (tertiary/aromatic N) is 3. The lowest BCUT2D eigenvalue weighted by molar-refractivity contribution is -0.384. The maximum absolute atomic E-state index is 11.0. The number of halogens is 1. The Labute approximate surface area is 173 Å². The third-order valence-electron chi connectivity index (χ3n) is 4.95. The number of non-ortho nitro benzene ring substituents is 1. The first-order valence-corrected chi connectivity index (χ1v) is 10.3. The summed E-state index contributed by atoms with van der Waals surface area (Å²) in [5.41, 5.74) is 3.02. The van der Waals surface area contributed by atoms with E-state index in [0.29, 0.717) is 0 Å². The molecule has 0 amide bonds. The maximum Gasteiger partial charge on any atom is 0.269 e. The Balaban J connectivity index is 1.57. The quantitative estimate of drug-likeness (QED) is 0.377. The average Bonchev–Trinajstić information content (AvgIpc) is 3.34. The highest BCUT2D eigenvalue weighted by molar-refractivity contribution is 9.11. The van der Waals surface area contributed by atoms with E-state index in [4.69, 9.17) is 9.84 Å². The van der Waals surface area contributed by atoms with Crippen LogP contribution in [0.3, 0.4) is 0 Å². The van der Waals surface area contributed by atoms with E-state index < -0.39 is 11.2 Å². The minimum absolute atomic E-state index is 0.0607. The summed E-state index contributed by atoms with van der Waals surface area (Å²) in [5, 5.41) is 17.8. The number of benzene rings is 2. The molecule has 0 saturated carbocycles. The van der Waals surface area contributed by atoms with Crippen LogP contribution in [0.15, 0.2) is 69.6 Å². The van der Waals surface area contributed by atoms with Crippen LogP contribution in [-0.2, 0) is 0 Å². The van der Waals surface area contributed by atoms with E-state index in [0.717, 1.165) is 37.7 Å². The first-order valence-electron chi connectivity index (χ1n) is 8.71. The second kappa shape index (κ2) is 6.72. The molecule has 0 unspecified atom stereocenters. The Morgan fingerprint density at radius 3 is 2.64 bits per heavy atom. The molecule has 0 N–H and O–H groups in total. The Morgan fingerprint density at radius 2 is 1.93 bits per heavy atom. The zero-order chi connectivity index (χ0) is 19.3. The van der Waals surface area contributed by atoms with Crippen LogP contribution in [0.1, 0.15) is 34.7 Å². The minimum atomic E-state index is -0.429. The van der Waals surface area contributed by atoms with Crippen molar-refractivity contribution in [2.75, 3.05) is 0 Å². The van der Waals surface area contributed by atoms with Crippen molar-refractivity contribution in [2.24, 2.45) is 5.10 Å². The molecule has 0 spiro atoms. The molecule has 0 saturated heterocycles. The van der Waals surface area contributed by atoms with Gasteiger partial charge in [-0.05, 0) is 46.3 Å². The molecule has 3 aromatic rings. The number of ether oxygens (including phenoxy) is 1. The zero-order valence-corrected chi connectivity index (χ0v) is 16.9. The summed E-state index contributed by atoms with van der Waals surface area (Å²) in [6.45, 7) is 0. The molecule has 0 aliphatic carbocycles. The van der Waals surface area contributed by atoms with Crippen molar-refractivity contribution in [1.82, 2.24) is 5.01 Å². The van der Waals surface area contributed by atoms with Crippen molar-refractivity contribution in [3.8, 4) is 5.75 Å². The van der Waals surface area contributed by atoms with Gasteiger partial charge in [0.05, 0.1) is 25.3 Å². The first-order chi connectivity index (χ1) is 13.6. The monoisotopic (exact) mass is 455 g/mol. The highest BCUT2D eigenvalue weighted by Gasteiger charge is 2.41. The van der Waals surface area contributed by atoms with E-state index >= 15 is 0 Å². The number of fused-ring (bicyclic) bond motifs is 3. The van der Waals surface area contributed by atoms with Crippen molar-refractivity contribution >= 4 is 38.7 Å². The summed E-state index contributed by atoms with van der Waals surface area (Å²) < 4.78 is 7.33. The van der Waals surface area contributed by atoms with Crippen molar-refractivity contribution in [3.05, 3.63) is 90.6 Å². The SMILES string of the molecule is O=[N+]([O-])c1ccc([C@@H]2Oc3ccccc3[C@H]3CC(c4ccc(Br)s4)=NN32)cc1. The van der Waals surface area contributed by atoms with Gasteiger partial charge in [-0.25, -0.2) is 5.01 Å². The zero-order valence-electron chi connectivity index (χ0n) is 14.5. The summed E-state index contributed by atoms with van der Waals surface area (Å²) in [5.74, 6) is 0.830. The van der Waals surface area contributed by atoms with Gasteiger partial charge in [0.25, 0.3) is 5.69 Å². The van der Waals surface area contributed by atoms with Crippen LogP contribution in [0, 0.1) is 10.1 Å². The molecule has 28 heavy (non-hydrogen) atoms. The van der Waals surface area contributed by atoms with Crippen molar-refractivity contribution < 1.29 is 9.66 Å². The molecular formula is C20H14BrN3O3S. The van der Waals surface area contributed by atoms with Crippen molar-refractivity contribution in [1.29, 1.82) is 0 Å². The lowest BCUT2D eigenvalue weighted by atomic mass is 9.98. The number of thiophene rings is 1. The molecule has 2 aromatic carbocycles. The van der Waals surface area contributed by atoms with Gasteiger partial charge in [0, 0.05) is 29.7 Å². The number of nitro groups is 1. The van der Waals surface area contributed by atoms with Gasteiger partial charge in [-0.2, -0.15) is 5.10 Å². The summed E-state index contributed by atoms with van der Waals surface area (Å²) in [4.78, 5) is 11.7. The first kappa shape index (κ1) is 17.4. The van der Waals surface area contributed by atoms with E-state index in [9.17, 15) is 10.1 Å². The van der Waals surface area contributed by atoms with Crippen LogP contribution in [0.2, 0.25) is 0 Å². The van der Waals surface area contributed by atoms with Gasteiger partial charge >= 0.3 is 0 Å². The molecule has 8 heteroatoms. The standard InChI is InChI=1S/C20H14BrN3O3S/c21-19-10-9-18(28-19)15-11-16-14-3-1-2-4-17(14)27-20(23(16)22-15)12-5-7-13(8-6-12)24(25)26/h1-10,16,20H,11H2/t16-,20+/m1/s1. The van der Waals surface area contributed by atoms with Gasteiger partial charge in [-0.15, -0.1) is 11.3 Å². The van der Waals surface area contributed by atoms with Gasteiger partial charge < -0.3 is 4.74 Å². The molecular weight excluding hydrogens is 442 g/mol. The molecule has 0 fully saturated rings. The minimum Gasteiger partial charge on any atom is -0.464 e. The number of para-hydroxylation sites is 1. The average molecular weight is 456 g/mol. The van der Waals surface area contributed by atoms with E-state index in [2.05, 4.69) is 28.1 Å².